The van der Waals surface area contributed by atoms with E-state index in [1.807, 2.05) is 32.9 Å². The summed E-state index contributed by atoms with van der Waals surface area (Å²) in [5.74, 6) is -0.386. The standard InChI is InChI=1S/C14H14ClNO2/c1-14(2,3)18-13(17)10-6-4-5-9-7-8-11(15)16-12(9)10/h4-8H,1-3H3. The molecule has 0 aliphatic heterocycles. The minimum atomic E-state index is -0.530. The second kappa shape index (κ2) is 4.58. The molecule has 0 fully saturated rings. The van der Waals surface area contributed by atoms with E-state index in [4.69, 9.17) is 16.3 Å². The zero-order chi connectivity index (χ0) is 13.3. The summed E-state index contributed by atoms with van der Waals surface area (Å²) < 4.78 is 5.35. The molecular formula is C14H14ClNO2. The number of ether oxygens (including phenoxy) is 1. The van der Waals surface area contributed by atoms with Crippen molar-refractivity contribution in [3.63, 3.8) is 0 Å². The highest BCUT2D eigenvalue weighted by atomic mass is 35.5. The lowest BCUT2D eigenvalue weighted by molar-refractivity contribution is 0.00716. The Labute approximate surface area is 111 Å². The molecule has 2 rings (SSSR count). The summed E-state index contributed by atoms with van der Waals surface area (Å²) in [4.78, 5) is 16.3. The molecule has 0 saturated heterocycles. The van der Waals surface area contributed by atoms with Crippen molar-refractivity contribution in [2.24, 2.45) is 0 Å². The summed E-state index contributed by atoms with van der Waals surface area (Å²) in [5.41, 5.74) is 0.474. The number of para-hydroxylation sites is 1. The number of pyridine rings is 1. The van der Waals surface area contributed by atoms with Gasteiger partial charge in [-0.25, -0.2) is 9.78 Å². The lowest BCUT2D eigenvalue weighted by atomic mass is 10.1. The van der Waals surface area contributed by atoms with Gasteiger partial charge in [-0.1, -0.05) is 23.7 Å². The van der Waals surface area contributed by atoms with Crippen LogP contribution < -0.4 is 0 Å². The molecule has 0 amide bonds. The first-order chi connectivity index (χ1) is 8.37. The Morgan fingerprint density at radius 2 is 1.94 bits per heavy atom. The number of fused-ring (bicyclic) bond motifs is 1. The fourth-order valence-electron chi connectivity index (χ4n) is 1.62. The number of rotatable bonds is 1. The van der Waals surface area contributed by atoms with E-state index in [0.29, 0.717) is 16.2 Å². The molecule has 3 nitrogen and oxygen atoms in total. The SMILES string of the molecule is CC(C)(C)OC(=O)c1cccc2ccc(Cl)nc12. The second-order valence-electron chi connectivity index (χ2n) is 5.01. The van der Waals surface area contributed by atoms with Gasteiger partial charge < -0.3 is 4.74 Å². The van der Waals surface area contributed by atoms with Gasteiger partial charge in [0.1, 0.15) is 10.8 Å². The number of carbonyl (C=O) groups excluding carboxylic acids is 1. The van der Waals surface area contributed by atoms with Crippen molar-refractivity contribution in [1.29, 1.82) is 0 Å². The smallest absolute Gasteiger partial charge is 0.340 e. The van der Waals surface area contributed by atoms with Gasteiger partial charge in [0.15, 0.2) is 0 Å². The Hall–Kier alpha value is -1.61. The topological polar surface area (TPSA) is 39.2 Å². The largest absolute Gasteiger partial charge is 0.456 e. The van der Waals surface area contributed by atoms with E-state index in [0.717, 1.165) is 5.39 Å². The van der Waals surface area contributed by atoms with E-state index in [1.165, 1.54) is 0 Å². The Kier molecular flexibility index (Phi) is 3.26. The molecule has 0 bridgehead atoms. The van der Waals surface area contributed by atoms with Crippen LogP contribution >= 0.6 is 11.6 Å². The van der Waals surface area contributed by atoms with Crippen molar-refractivity contribution in [1.82, 2.24) is 4.98 Å². The molecule has 2 aromatic rings. The number of esters is 1. The molecule has 18 heavy (non-hydrogen) atoms. The molecule has 1 aromatic heterocycles. The molecular weight excluding hydrogens is 250 g/mol. The van der Waals surface area contributed by atoms with Crippen LogP contribution in [0.5, 0.6) is 0 Å². The van der Waals surface area contributed by atoms with Gasteiger partial charge in [0.05, 0.1) is 11.1 Å². The molecule has 1 aromatic carbocycles. The second-order valence-corrected chi connectivity index (χ2v) is 5.40. The number of nitrogens with zero attached hydrogens (tertiary/aromatic N) is 1. The molecule has 0 N–H and O–H groups in total. The van der Waals surface area contributed by atoms with E-state index in [2.05, 4.69) is 4.98 Å². The van der Waals surface area contributed by atoms with Crippen LogP contribution in [0, 0.1) is 0 Å². The maximum atomic E-state index is 12.1. The Morgan fingerprint density at radius 3 is 2.61 bits per heavy atom. The van der Waals surface area contributed by atoms with E-state index in [9.17, 15) is 4.79 Å². The van der Waals surface area contributed by atoms with Crippen molar-refractivity contribution in [3.05, 3.63) is 41.0 Å². The minimum Gasteiger partial charge on any atom is -0.456 e. The number of aromatic nitrogens is 1. The molecule has 0 spiro atoms. The Bertz CT molecular complexity index is 602. The average molecular weight is 264 g/mol. The van der Waals surface area contributed by atoms with Crippen LogP contribution in [-0.4, -0.2) is 16.6 Å². The number of carbonyl (C=O) groups is 1. The van der Waals surface area contributed by atoms with Crippen molar-refractivity contribution in [2.75, 3.05) is 0 Å². The van der Waals surface area contributed by atoms with Crippen LogP contribution in [0.3, 0.4) is 0 Å². The van der Waals surface area contributed by atoms with Gasteiger partial charge in [-0.05, 0) is 39.0 Å². The first-order valence-electron chi connectivity index (χ1n) is 5.65. The molecule has 1 heterocycles. The molecule has 4 heteroatoms. The number of hydrogen-bond donors (Lipinski definition) is 0. The summed E-state index contributed by atoms with van der Waals surface area (Å²) in [6.45, 7) is 5.49. The van der Waals surface area contributed by atoms with Crippen LogP contribution in [0.4, 0.5) is 0 Å². The highest BCUT2D eigenvalue weighted by Gasteiger charge is 2.20. The first-order valence-corrected chi connectivity index (χ1v) is 6.03. The Balaban J connectivity index is 2.51. The van der Waals surface area contributed by atoms with Crippen LogP contribution in [-0.2, 0) is 4.74 Å². The van der Waals surface area contributed by atoms with Gasteiger partial charge in [0.25, 0.3) is 0 Å². The highest BCUT2D eigenvalue weighted by Crippen LogP contribution is 2.21. The van der Waals surface area contributed by atoms with Crippen LogP contribution in [0.15, 0.2) is 30.3 Å². The van der Waals surface area contributed by atoms with Gasteiger partial charge in [0, 0.05) is 5.39 Å². The first kappa shape index (κ1) is 12.8. The fourth-order valence-corrected chi connectivity index (χ4v) is 1.77. The maximum Gasteiger partial charge on any atom is 0.340 e. The maximum absolute atomic E-state index is 12.1. The molecule has 0 aliphatic rings. The summed E-state index contributed by atoms with van der Waals surface area (Å²) in [5, 5.41) is 1.22. The molecule has 0 radical (unpaired) electrons. The third kappa shape index (κ3) is 2.79. The van der Waals surface area contributed by atoms with Crippen LogP contribution in [0.25, 0.3) is 10.9 Å². The van der Waals surface area contributed by atoms with Gasteiger partial charge in [-0.3, -0.25) is 0 Å². The monoisotopic (exact) mass is 263 g/mol. The average Bonchev–Trinajstić information content (AvgIpc) is 2.25. The van der Waals surface area contributed by atoms with Crippen molar-refractivity contribution < 1.29 is 9.53 Å². The number of hydrogen-bond acceptors (Lipinski definition) is 3. The third-order valence-corrected chi connectivity index (χ3v) is 2.52. The molecule has 0 saturated carbocycles. The third-order valence-electron chi connectivity index (χ3n) is 2.31. The molecule has 0 aliphatic carbocycles. The number of halogens is 1. The van der Waals surface area contributed by atoms with Crippen molar-refractivity contribution >= 4 is 28.5 Å². The normalized spacial score (nSPS) is 11.6. The lowest BCUT2D eigenvalue weighted by Gasteiger charge is -2.19. The quantitative estimate of drug-likeness (QED) is 0.580. The fraction of sp³-hybridized carbons (Fsp3) is 0.286. The van der Waals surface area contributed by atoms with E-state index >= 15 is 0 Å². The summed E-state index contributed by atoms with van der Waals surface area (Å²) in [6, 6.07) is 8.91. The van der Waals surface area contributed by atoms with Gasteiger partial charge in [-0.2, -0.15) is 0 Å². The van der Waals surface area contributed by atoms with E-state index < -0.39 is 5.60 Å². The summed E-state index contributed by atoms with van der Waals surface area (Å²) in [7, 11) is 0. The highest BCUT2D eigenvalue weighted by molar-refractivity contribution is 6.29. The molecule has 94 valence electrons. The predicted octanol–water partition coefficient (Wildman–Crippen LogP) is 3.84. The van der Waals surface area contributed by atoms with Crippen LogP contribution in [0.1, 0.15) is 31.1 Å². The zero-order valence-electron chi connectivity index (χ0n) is 10.5. The van der Waals surface area contributed by atoms with Gasteiger partial charge >= 0.3 is 5.97 Å². The van der Waals surface area contributed by atoms with Crippen LogP contribution in [0.2, 0.25) is 5.15 Å². The number of benzene rings is 1. The Morgan fingerprint density at radius 1 is 1.22 bits per heavy atom. The van der Waals surface area contributed by atoms with E-state index in [-0.39, 0.29) is 5.97 Å². The molecule has 0 unspecified atom stereocenters. The summed E-state index contributed by atoms with van der Waals surface area (Å²) >= 11 is 5.87. The lowest BCUT2D eigenvalue weighted by Crippen LogP contribution is -2.24. The van der Waals surface area contributed by atoms with Gasteiger partial charge in [-0.15, -0.1) is 0 Å². The summed E-state index contributed by atoms with van der Waals surface area (Å²) in [6.07, 6.45) is 0. The predicted molar refractivity (Wildman–Crippen MR) is 71.9 cm³/mol. The zero-order valence-corrected chi connectivity index (χ0v) is 11.3. The molecule has 0 atom stereocenters. The van der Waals surface area contributed by atoms with Crippen molar-refractivity contribution in [2.45, 2.75) is 26.4 Å². The van der Waals surface area contributed by atoms with Gasteiger partial charge in [0.2, 0.25) is 0 Å². The minimum absolute atomic E-state index is 0.360. The van der Waals surface area contributed by atoms with E-state index in [1.54, 1.807) is 18.2 Å². The van der Waals surface area contributed by atoms with Crippen molar-refractivity contribution in [3.8, 4) is 0 Å².